The monoisotopic (exact) mass is 386 g/mol. The molecule has 4 aromatic rings. The molecule has 0 spiro atoms. The van der Waals surface area contributed by atoms with Crippen LogP contribution in [0, 0.1) is 20.2 Å². The molecule has 0 saturated carbocycles. The van der Waals surface area contributed by atoms with Crippen molar-refractivity contribution < 1.29 is 9.85 Å². The molecule has 0 unspecified atom stereocenters. The van der Waals surface area contributed by atoms with Gasteiger partial charge >= 0.3 is 0 Å². The molecule has 1 aromatic heterocycles. The average Bonchev–Trinajstić information content (AvgIpc) is 3.20. The van der Waals surface area contributed by atoms with Crippen LogP contribution in [0.25, 0.3) is 33.9 Å². The zero-order valence-electron chi connectivity index (χ0n) is 15.0. The Bertz CT molecular complexity index is 1180. The summed E-state index contributed by atoms with van der Waals surface area (Å²) in [5.41, 5.74) is 3.72. The molecular weight excluding hydrogens is 372 g/mol. The Kier molecular flexibility index (Phi) is 4.58. The number of imidazole rings is 1. The number of hydrogen-bond donors (Lipinski definition) is 1. The third-order valence-electron chi connectivity index (χ3n) is 4.47. The standard InChI is InChI=1S/C21H14N4O4/c26-24(27)17-10-6-15(7-11-17)20-19(14-4-2-1-3-5-14)22-21(23-20)16-8-12-18(13-9-16)25(28)29/h1-13H,(H,22,23). The van der Waals surface area contributed by atoms with Gasteiger partial charge < -0.3 is 4.98 Å². The number of nitro groups is 2. The number of nitrogens with zero attached hydrogens (tertiary/aromatic N) is 3. The molecule has 0 saturated heterocycles. The van der Waals surface area contributed by atoms with Crippen molar-refractivity contribution in [3.63, 3.8) is 0 Å². The van der Waals surface area contributed by atoms with Crippen molar-refractivity contribution in [3.8, 4) is 33.9 Å². The third kappa shape index (κ3) is 3.59. The summed E-state index contributed by atoms with van der Waals surface area (Å²) < 4.78 is 0. The Labute approximate surface area is 164 Å². The fourth-order valence-electron chi connectivity index (χ4n) is 3.01. The first kappa shape index (κ1) is 18.1. The van der Waals surface area contributed by atoms with E-state index in [1.807, 2.05) is 30.3 Å². The smallest absolute Gasteiger partial charge is 0.269 e. The van der Waals surface area contributed by atoms with Crippen molar-refractivity contribution in [2.75, 3.05) is 0 Å². The summed E-state index contributed by atoms with van der Waals surface area (Å²) in [6.07, 6.45) is 0. The Balaban J connectivity index is 1.83. The zero-order valence-corrected chi connectivity index (χ0v) is 15.0. The Hall–Kier alpha value is -4.33. The van der Waals surface area contributed by atoms with E-state index in [2.05, 4.69) is 4.98 Å². The van der Waals surface area contributed by atoms with E-state index in [-0.39, 0.29) is 11.4 Å². The number of aromatic nitrogens is 2. The van der Waals surface area contributed by atoms with Crippen LogP contribution in [0.5, 0.6) is 0 Å². The Morgan fingerprint density at radius 3 is 1.69 bits per heavy atom. The fourth-order valence-corrected chi connectivity index (χ4v) is 3.01. The minimum Gasteiger partial charge on any atom is -0.337 e. The molecule has 0 aliphatic heterocycles. The topological polar surface area (TPSA) is 115 Å². The molecule has 0 aliphatic rings. The molecule has 0 atom stereocenters. The lowest BCUT2D eigenvalue weighted by Gasteiger charge is -2.03. The largest absolute Gasteiger partial charge is 0.337 e. The number of nitrogens with one attached hydrogen (secondary N) is 1. The van der Waals surface area contributed by atoms with Crippen LogP contribution in [-0.2, 0) is 0 Å². The van der Waals surface area contributed by atoms with Crippen LogP contribution in [0.1, 0.15) is 0 Å². The van der Waals surface area contributed by atoms with Gasteiger partial charge in [0.1, 0.15) is 5.82 Å². The Morgan fingerprint density at radius 2 is 1.17 bits per heavy atom. The summed E-state index contributed by atoms with van der Waals surface area (Å²) in [7, 11) is 0. The molecule has 29 heavy (non-hydrogen) atoms. The first-order valence-electron chi connectivity index (χ1n) is 8.68. The average molecular weight is 386 g/mol. The van der Waals surface area contributed by atoms with Crippen LogP contribution < -0.4 is 0 Å². The number of aromatic amines is 1. The highest BCUT2D eigenvalue weighted by Gasteiger charge is 2.17. The first-order valence-corrected chi connectivity index (χ1v) is 8.68. The molecule has 0 amide bonds. The summed E-state index contributed by atoms with van der Waals surface area (Å²) in [5.74, 6) is 0.548. The molecule has 4 rings (SSSR count). The van der Waals surface area contributed by atoms with Gasteiger partial charge in [-0.2, -0.15) is 0 Å². The maximum Gasteiger partial charge on any atom is 0.269 e. The van der Waals surface area contributed by atoms with Gasteiger partial charge in [-0.3, -0.25) is 20.2 Å². The zero-order chi connectivity index (χ0) is 20.4. The van der Waals surface area contributed by atoms with Crippen LogP contribution in [-0.4, -0.2) is 19.8 Å². The van der Waals surface area contributed by atoms with Gasteiger partial charge in [0, 0.05) is 41.0 Å². The lowest BCUT2D eigenvalue weighted by molar-refractivity contribution is -0.385. The summed E-state index contributed by atoms with van der Waals surface area (Å²) in [4.78, 5) is 28.9. The second kappa shape index (κ2) is 7.35. The van der Waals surface area contributed by atoms with Crippen LogP contribution in [0.2, 0.25) is 0 Å². The van der Waals surface area contributed by atoms with Gasteiger partial charge in [-0.15, -0.1) is 0 Å². The Morgan fingerprint density at radius 1 is 0.655 bits per heavy atom. The van der Waals surface area contributed by atoms with Crippen molar-refractivity contribution in [2.24, 2.45) is 0 Å². The van der Waals surface area contributed by atoms with Crippen LogP contribution >= 0.6 is 0 Å². The second-order valence-electron chi connectivity index (χ2n) is 6.28. The third-order valence-corrected chi connectivity index (χ3v) is 4.47. The molecule has 0 radical (unpaired) electrons. The van der Waals surface area contributed by atoms with Crippen LogP contribution in [0.3, 0.4) is 0 Å². The summed E-state index contributed by atoms with van der Waals surface area (Å²) in [5, 5.41) is 21.8. The molecule has 8 nitrogen and oxygen atoms in total. The molecular formula is C21H14N4O4. The molecule has 0 fully saturated rings. The van der Waals surface area contributed by atoms with E-state index in [1.54, 1.807) is 24.3 Å². The lowest BCUT2D eigenvalue weighted by atomic mass is 10.0. The van der Waals surface area contributed by atoms with E-state index >= 15 is 0 Å². The number of benzene rings is 3. The highest BCUT2D eigenvalue weighted by atomic mass is 16.6. The fraction of sp³-hybridized carbons (Fsp3) is 0. The van der Waals surface area contributed by atoms with Gasteiger partial charge in [-0.05, 0) is 24.3 Å². The van der Waals surface area contributed by atoms with Crippen molar-refractivity contribution >= 4 is 11.4 Å². The molecule has 8 heteroatoms. The van der Waals surface area contributed by atoms with Crippen LogP contribution in [0.15, 0.2) is 78.9 Å². The van der Waals surface area contributed by atoms with E-state index in [9.17, 15) is 20.2 Å². The summed E-state index contributed by atoms with van der Waals surface area (Å²) >= 11 is 0. The van der Waals surface area contributed by atoms with Crippen molar-refractivity contribution in [2.45, 2.75) is 0 Å². The maximum atomic E-state index is 10.9. The van der Waals surface area contributed by atoms with E-state index in [4.69, 9.17) is 4.98 Å². The number of nitro benzene ring substituents is 2. The van der Waals surface area contributed by atoms with Crippen LogP contribution in [0.4, 0.5) is 11.4 Å². The molecule has 3 aromatic carbocycles. The second-order valence-corrected chi connectivity index (χ2v) is 6.28. The molecule has 1 heterocycles. The van der Waals surface area contributed by atoms with Gasteiger partial charge in [-0.25, -0.2) is 4.98 Å². The number of H-pyrrole nitrogens is 1. The van der Waals surface area contributed by atoms with Gasteiger partial charge in [0.25, 0.3) is 11.4 Å². The molecule has 0 bridgehead atoms. The van der Waals surface area contributed by atoms with E-state index < -0.39 is 9.85 Å². The number of rotatable bonds is 5. The van der Waals surface area contributed by atoms with E-state index in [0.29, 0.717) is 22.8 Å². The van der Waals surface area contributed by atoms with E-state index in [1.165, 1.54) is 24.3 Å². The normalized spacial score (nSPS) is 10.6. The molecule has 142 valence electrons. The number of non-ortho nitro benzene ring substituents is 2. The first-order chi connectivity index (χ1) is 14.0. The predicted molar refractivity (Wildman–Crippen MR) is 108 cm³/mol. The van der Waals surface area contributed by atoms with Crippen molar-refractivity contribution in [1.82, 2.24) is 9.97 Å². The highest BCUT2D eigenvalue weighted by Crippen LogP contribution is 2.34. The van der Waals surface area contributed by atoms with Crippen molar-refractivity contribution in [3.05, 3.63) is 99.1 Å². The highest BCUT2D eigenvalue weighted by molar-refractivity contribution is 5.81. The minimum atomic E-state index is -0.455. The minimum absolute atomic E-state index is 0.000758. The van der Waals surface area contributed by atoms with E-state index in [0.717, 1.165) is 11.1 Å². The van der Waals surface area contributed by atoms with Gasteiger partial charge in [0.2, 0.25) is 0 Å². The number of hydrogen-bond acceptors (Lipinski definition) is 5. The van der Waals surface area contributed by atoms with Gasteiger partial charge in [-0.1, -0.05) is 30.3 Å². The molecule has 1 N–H and O–H groups in total. The summed E-state index contributed by atoms with van der Waals surface area (Å²) in [6, 6.07) is 21.9. The quantitative estimate of drug-likeness (QED) is 0.373. The summed E-state index contributed by atoms with van der Waals surface area (Å²) in [6.45, 7) is 0. The maximum absolute atomic E-state index is 10.9. The van der Waals surface area contributed by atoms with Gasteiger partial charge in [0.05, 0.1) is 21.2 Å². The van der Waals surface area contributed by atoms with Gasteiger partial charge in [0.15, 0.2) is 0 Å². The lowest BCUT2D eigenvalue weighted by Crippen LogP contribution is -1.88. The SMILES string of the molecule is O=[N+]([O-])c1ccc(-c2nc(-c3ccccc3)c(-c3ccc([N+](=O)[O-])cc3)[nH]2)cc1. The predicted octanol–water partition coefficient (Wildman–Crippen LogP) is 5.23. The van der Waals surface area contributed by atoms with Crippen molar-refractivity contribution in [1.29, 1.82) is 0 Å². The molecule has 0 aliphatic carbocycles.